The van der Waals surface area contributed by atoms with E-state index in [4.69, 9.17) is 16.3 Å². The molecule has 7 heteroatoms. The first-order chi connectivity index (χ1) is 15.7. The fourth-order valence-corrected chi connectivity index (χ4v) is 5.28. The number of hydrogen-bond acceptors (Lipinski definition) is 3. The molecule has 1 aliphatic carbocycles. The first-order valence-corrected chi connectivity index (χ1v) is 12.0. The summed E-state index contributed by atoms with van der Waals surface area (Å²) in [5, 5.41) is 12.0. The van der Waals surface area contributed by atoms with Gasteiger partial charge in [0.05, 0.1) is 18.3 Å². The zero-order valence-electron chi connectivity index (χ0n) is 18.8. The van der Waals surface area contributed by atoms with Gasteiger partial charge in [-0.2, -0.15) is 13.2 Å². The lowest BCUT2D eigenvalue weighted by Gasteiger charge is -2.49. The van der Waals surface area contributed by atoms with Crippen molar-refractivity contribution in [3.05, 3.63) is 64.7 Å². The standard InChI is InChI=1S/C26H31ClF3NO2/c1-18-3-4-19(17-33-23-11-7-21(8-12-23)26(28,29)30)15-31(18)16-24(32)25(13-2-14-25)20-5-9-22(27)10-6-20/h5-12,18-19,24,32H,2-4,13-17H2,1H3/t18-,19-,24+/m1/s1. The number of β-amino-alcohol motifs (C(OH)–C–C–N with tert-alkyl or cyclic N) is 1. The third kappa shape index (κ3) is 5.50. The Kier molecular flexibility index (Phi) is 7.27. The summed E-state index contributed by atoms with van der Waals surface area (Å²) in [4.78, 5) is 2.34. The van der Waals surface area contributed by atoms with Crippen LogP contribution in [0.15, 0.2) is 48.5 Å². The summed E-state index contributed by atoms with van der Waals surface area (Å²) in [6, 6.07) is 13.1. The number of nitrogens with zero attached hydrogens (tertiary/aromatic N) is 1. The maximum Gasteiger partial charge on any atom is 0.416 e. The molecule has 2 aliphatic rings. The molecule has 0 spiro atoms. The van der Waals surface area contributed by atoms with Gasteiger partial charge in [0.25, 0.3) is 0 Å². The molecule has 0 aromatic heterocycles. The van der Waals surface area contributed by atoms with Crippen molar-refractivity contribution in [2.75, 3.05) is 19.7 Å². The molecule has 3 nitrogen and oxygen atoms in total. The summed E-state index contributed by atoms with van der Waals surface area (Å²) >= 11 is 6.06. The highest BCUT2D eigenvalue weighted by Crippen LogP contribution is 2.47. The van der Waals surface area contributed by atoms with Gasteiger partial charge in [0.2, 0.25) is 0 Å². The van der Waals surface area contributed by atoms with Crippen LogP contribution in [0.3, 0.4) is 0 Å². The van der Waals surface area contributed by atoms with Crippen molar-refractivity contribution >= 4 is 11.6 Å². The molecule has 0 radical (unpaired) electrons. The van der Waals surface area contributed by atoms with Crippen LogP contribution in [0.5, 0.6) is 5.75 Å². The number of benzene rings is 2. The summed E-state index contributed by atoms with van der Waals surface area (Å²) in [5.41, 5.74) is 0.262. The Bertz CT molecular complexity index is 913. The van der Waals surface area contributed by atoms with E-state index < -0.39 is 17.8 Å². The Labute approximate surface area is 198 Å². The Balaban J connectivity index is 1.35. The molecule has 1 heterocycles. The van der Waals surface area contributed by atoms with Crippen molar-refractivity contribution in [3.63, 3.8) is 0 Å². The molecular formula is C26H31ClF3NO2. The van der Waals surface area contributed by atoms with Crippen LogP contribution in [0.2, 0.25) is 5.02 Å². The number of alkyl halides is 3. The zero-order valence-corrected chi connectivity index (χ0v) is 19.6. The van der Waals surface area contributed by atoms with Crippen molar-refractivity contribution in [2.45, 2.75) is 62.8 Å². The summed E-state index contributed by atoms with van der Waals surface area (Å²) in [6.07, 6.45) is 0.238. The molecular weight excluding hydrogens is 451 g/mol. The maximum atomic E-state index is 12.7. The van der Waals surface area contributed by atoms with E-state index >= 15 is 0 Å². The quantitative estimate of drug-likeness (QED) is 0.502. The molecule has 1 N–H and O–H groups in total. The normalized spacial score (nSPS) is 24.2. The van der Waals surface area contributed by atoms with E-state index in [0.29, 0.717) is 30.0 Å². The Morgan fingerprint density at radius 1 is 1.09 bits per heavy atom. The van der Waals surface area contributed by atoms with Crippen molar-refractivity contribution in [3.8, 4) is 5.75 Å². The van der Waals surface area contributed by atoms with Gasteiger partial charge < -0.3 is 9.84 Å². The van der Waals surface area contributed by atoms with Gasteiger partial charge in [-0.3, -0.25) is 4.90 Å². The summed E-state index contributed by atoms with van der Waals surface area (Å²) in [6.45, 7) is 4.04. The third-order valence-electron chi connectivity index (χ3n) is 7.49. The number of rotatable bonds is 7. The minimum absolute atomic E-state index is 0.214. The van der Waals surface area contributed by atoms with Gasteiger partial charge in [0.15, 0.2) is 0 Å². The molecule has 33 heavy (non-hydrogen) atoms. The highest BCUT2D eigenvalue weighted by molar-refractivity contribution is 6.30. The molecule has 3 atom stereocenters. The molecule has 0 amide bonds. The SMILES string of the molecule is C[C@@H]1CC[C@@H](COc2ccc(C(F)(F)F)cc2)CN1C[C@H](O)C1(c2ccc(Cl)cc2)CCC1. The minimum atomic E-state index is -4.34. The average molecular weight is 482 g/mol. The Morgan fingerprint density at radius 2 is 1.76 bits per heavy atom. The largest absolute Gasteiger partial charge is 0.493 e. The van der Waals surface area contributed by atoms with Crippen molar-refractivity contribution < 1.29 is 23.0 Å². The molecule has 2 fully saturated rings. The van der Waals surface area contributed by atoms with Gasteiger partial charge in [-0.05, 0) is 74.6 Å². The first kappa shape index (κ1) is 24.4. The molecule has 2 aromatic carbocycles. The topological polar surface area (TPSA) is 32.7 Å². The summed E-state index contributed by atoms with van der Waals surface area (Å²) < 4.78 is 44.1. The Hall–Kier alpha value is -1.76. The van der Waals surface area contributed by atoms with Crippen molar-refractivity contribution in [1.82, 2.24) is 4.90 Å². The monoisotopic (exact) mass is 481 g/mol. The van der Waals surface area contributed by atoms with Crippen LogP contribution in [0.4, 0.5) is 13.2 Å². The molecule has 180 valence electrons. The van der Waals surface area contributed by atoms with Gasteiger partial charge in [0.1, 0.15) is 5.75 Å². The predicted octanol–water partition coefficient (Wildman–Crippen LogP) is 6.32. The van der Waals surface area contributed by atoms with E-state index in [1.807, 2.05) is 24.3 Å². The lowest BCUT2D eigenvalue weighted by atomic mass is 9.61. The van der Waals surface area contributed by atoms with Crippen LogP contribution in [-0.2, 0) is 11.6 Å². The molecule has 0 bridgehead atoms. The predicted molar refractivity (Wildman–Crippen MR) is 124 cm³/mol. The molecule has 1 saturated carbocycles. The van der Waals surface area contributed by atoms with E-state index in [9.17, 15) is 18.3 Å². The first-order valence-electron chi connectivity index (χ1n) is 11.7. The summed E-state index contributed by atoms with van der Waals surface area (Å²) in [5.74, 6) is 0.716. The van der Waals surface area contributed by atoms with Crippen LogP contribution in [0.25, 0.3) is 0 Å². The van der Waals surface area contributed by atoms with E-state index in [-0.39, 0.29) is 11.3 Å². The second kappa shape index (κ2) is 9.85. The van der Waals surface area contributed by atoms with Crippen LogP contribution < -0.4 is 4.74 Å². The van der Waals surface area contributed by atoms with Gasteiger partial charge in [-0.15, -0.1) is 0 Å². The van der Waals surface area contributed by atoms with Gasteiger partial charge in [-0.1, -0.05) is 30.2 Å². The summed E-state index contributed by atoms with van der Waals surface area (Å²) in [7, 11) is 0. The lowest BCUT2D eigenvalue weighted by molar-refractivity contribution is -0.137. The van der Waals surface area contributed by atoms with Crippen LogP contribution in [0, 0.1) is 5.92 Å². The average Bonchev–Trinajstić information content (AvgIpc) is 2.74. The maximum absolute atomic E-state index is 12.7. The lowest BCUT2D eigenvalue weighted by Crippen LogP contribution is -2.54. The second-order valence-corrected chi connectivity index (χ2v) is 10.0. The molecule has 0 unspecified atom stereocenters. The zero-order chi connectivity index (χ0) is 23.6. The minimum Gasteiger partial charge on any atom is -0.493 e. The number of piperidine rings is 1. The van der Waals surface area contributed by atoms with Gasteiger partial charge in [0, 0.05) is 35.5 Å². The molecule has 2 aromatic rings. The highest BCUT2D eigenvalue weighted by atomic mass is 35.5. The number of halogens is 4. The highest BCUT2D eigenvalue weighted by Gasteiger charge is 2.46. The van der Waals surface area contributed by atoms with Crippen LogP contribution in [-0.4, -0.2) is 41.8 Å². The van der Waals surface area contributed by atoms with Crippen molar-refractivity contribution in [1.29, 1.82) is 0 Å². The van der Waals surface area contributed by atoms with E-state index in [0.717, 1.165) is 56.3 Å². The van der Waals surface area contributed by atoms with Crippen LogP contribution in [0.1, 0.15) is 50.2 Å². The molecule has 1 saturated heterocycles. The van der Waals surface area contributed by atoms with Gasteiger partial charge >= 0.3 is 6.18 Å². The number of hydrogen-bond donors (Lipinski definition) is 1. The van der Waals surface area contributed by atoms with Crippen molar-refractivity contribution in [2.24, 2.45) is 5.92 Å². The fourth-order valence-electron chi connectivity index (χ4n) is 5.16. The second-order valence-electron chi connectivity index (χ2n) is 9.61. The van der Waals surface area contributed by atoms with Gasteiger partial charge in [-0.25, -0.2) is 0 Å². The smallest absolute Gasteiger partial charge is 0.416 e. The molecule has 1 aliphatic heterocycles. The number of aliphatic hydroxyl groups is 1. The number of aliphatic hydroxyl groups excluding tert-OH is 1. The molecule has 4 rings (SSSR count). The van der Waals surface area contributed by atoms with E-state index in [1.165, 1.54) is 12.1 Å². The Morgan fingerprint density at radius 3 is 2.33 bits per heavy atom. The number of likely N-dealkylation sites (tertiary alicyclic amines) is 1. The van der Waals surface area contributed by atoms with Crippen LogP contribution >= 0.6 is 11.6 Å². The van der Waals surface area contributed by atoms with E-state index in [1.54, 1.807) is 0 Å². The number of ether oxygens (including phenoxy) is 1. The third-order valence-corrected chi connectivity index (χ3v) is 7.74. The van der Waals surface area contributed by atoms with E-state index in [2.05, 4.69) is 11.8 Å². The fraction of sp³-hybridized carbons (Fsp3) is 0.538.